The van der Waals surface area contributed by atoms with Crippen molar-refractivity contribution in [3.8, 4) is 6.07 Å². The van der Waals surface area contributed by atoms with Crippen LogP contribution in [0.15, 0.2) is 18.2 Å². The van der Waals surface area contributed by atoms with Crippen LogP contribution in [0.4, 0.5) is 11.4 Å². The predicted octanol–water partition coefficient (Wildman–Crippen LogP) is 2.01. The molecular formula is C16H22N4. The van der Waals surface area contributed by atoms with Gasteiger partial charge >= 0.3 is 0 Å². The van der Waals surface area contributed by atoms with Crippen molar-refractivity contribution in [2.75, 3.05) is 30.8 Å². The molecule has 3 rings (SSSR count). The lowest BCUT2D eigenvalue weighted by Gasteiger charge is -2.28. The molecule has 0 amide bonds. The summed E-state index contributed by atoms with van der Waals surface area (Å²) < 4.78 is 0. The lowest BCUT2D eigenvalue weighted by molar-refractivity contribution is 0.254. The van der Waals surface area contributed by atoms with E-state index in [4.69, 9.17) is 11.0 Å². The maximum Gasteiger partial charge on any atom is 0.0670 e. The van der Waals surface area contributed by atoms with Crippen molar-refractivity contribution in [1.82, 2.24) is 4.90 Å². The van der Waals surface area contributed by atoms with Gasteiger partial charge in [0.15, 0.2) is 0 Å². The minimum atomic E-state index is 0.388. The number of benzene rings is 1. The van der Waals surface area contributed by atoms with Crippen LogP contribution < -0.4 is 10.6 Å². The molecule has 2 aliphatic heterocycles. The number of nitriles is 1. The Morgan fingerprint density at radius 1 is 1.30 bits per heavy atom. The second-order valence-electron chi connectivity index (χ2n) is 6.00. The molecule has 0 saturated carbocycles. The number of hydrogen-bond donors (Lipinski definition) is 1. The highest BCUT2D eigenvalue weighted by Crippen LogP contribution is 2.31. The minimum absolute atomic E-state index is 0.388. The summed E-state index contributed by atoms with van der Waals surface area (Å²) in [5, 5.41) is 8.89. The van der Waals surface area contributed by atoms with Crippen molar-refractivity contribution >= 4 is 11.4 Å². The standard InChI is InChI=1S/C16H22N4/c1-19-13-2-3-15(19)11-20(9-7-13)14-4-5-16(18)12(10-14)6-8-17/h4-5,10,13,15H,2-3,6-7,9,11,18H2,1H3. The van der Waals surface area contributed by atoms with E-state index in [0.29, 0.717) is 12.5 Å². The summed E-state index contributed by atoms with van der Waals surface area (Å²) in [6.45, 7) is 2.18. The first-order chi connectivity index (χ1) is 9.69. The van der Waals surface area contributed by atoms with Crippen LogP contribution in [0.3, 0.4) is 0 Å². The molecule has 1 aromatic carbocycles. The van der Waals surface area contributed by atoms with Gasteiger partial charge < -0.3 is 10.6 Å². The largest absolute Gasteiger partial charge is 0.398 e. The number of nitrogens with two attached hydrogens (primary N) is 1. The summed E-state index contributed by atoms with van der Waals surface area (Å²) in [5.74, 6) is 0. The topological polar surface area (TPSA) is 56.3 Å². The van der Waals surface area contributed by atoms with E-state index in [-0.39, 0.29) is 0 Å². The Labute approximate surface area is 120 Å². The van der Waals surface area contributed by atoms with Crippen molar-refractivity contribution in [3.63, 3.8) is 0 Å². The smallest absolute Gasteiger partial charge is 0.0670 e. The number of rotatable bonds is 2. The van der Waals surface area contributed by atoms with E-state index in [2.05, 4.69) is 35.0 Å². The average molecular weight is 270 g/mol. The zero-order valence-corrected chi connectivity index (χ0v) is 12.0. The normalized spacial score (nSPS) is 26.3. The maximum atomic E-state index is 8.89. The summed E-state index contributed by atoms with van der Waals surface area (Å²) >= 11 is 0. The fraction of sp³-hybridized carbons (Fsp3) is 0.562. The molecule has 0 aromatic heterocycles. The molecule has 20 heavy (non-hydrogen) atoms. The van der Waals surface area contributed by atoms with Gasteiger partial charge in [0.1, 0.15) is 0 Å². The molecule has 2 N–H and O–H groups in total. The first kappa shape index (κ1) is 13.3. The van der Waals surface area contributed by atoms with E-state index in [1.54, 1.807) is 0 Å². The van der Waals surface area contributed by atoms with E-state index >= 15 is 0 Å². The van der Waals surface area contributed by atoms with Gasteiger partial charge in [-0.05, 0) is 50.1 Å². The van der Waals surface area contributed by atoms with Gasteiger partial charge in [0, 0.05) is 36.5 Å². The van der Waals surface area contributed by atoms with Crippen molar-refractivity contribution < 1.29 is 0 Å². The van der Waals surface area contributed by atoms with Crippen LogP contribution in [0.2, 0.25) is 0 Å². The summed E-state index contributed by atoms with van der Waals surface area (Å²) in [7, 11) is 2.26. The highest BCUT2D eigenvalue weighted by atomic mass is 15.3. The molecule has 1 aromatic rings. The van der Waals surface area contributed by atoms with E-state index in [0.717, 1.165) is 30.4 Å². The minimum Gasteiger partial charge on any atom is -0.398 e. The van der Waals surface area contributed by atoms with Gasteiger partial charge in [0.25, 0.3) is 0 Å². The Kier molecular flexibility index (Phi) is 3.54. The molecule has 0 aliphatic carbocycles. The average Bonchev–Trinajstić information content (AvgIpc) is 2.67. The Morgan fingerprint density at radius 2 is 2.10 bits per heavy atom. The first-order valence-electron chi connectivity index (χ1n) is 7.41. The molecule has 2 bridgehead atoms. The fourth-order valence-electron chi connectivity index (χ4n) is 3.57. The van der Waals surface area contributed by atoms with E-state index in [1.165, 1.54) is 24.9 Å². The Hall–Kier alpha value is -1.73. The Morgan fingerprint density at radius 3 is 2.90 bits per heavy atom. The third-order valence-corrected chi connectivity index (χ3v) is 4.91. The summed E-state index contributed by atoms with van der Waals surface area (Å²) in [6.07, 6.45) is 4.26. The second kappa shape index (κ2) is 5.34. The zero-order valence-electron chi connectivity index (χ0n) is 12.0. The van der Waals surface area contributed by atoms with Gasteiger partial charge in [-0.15, -0.1) is 0 Å². The summed E-state index contributed by atoms with van der Waals surface area (Å²) in [5.41, 5.74) is 8.83. The SMILES string of the molecule is CN1C2CCC1CN(c1ccc(N)c(CC#N)c1)CC2. The monoisotopic (exact) mass is 270 g/mol. The second-order valence-corrected chi connectivity index (χ2v) is 6.00. The maximum absolute atomic E-state index is 8.89. The Bertz CT molecular complexity index is 534. The Balaban J connectivity index is 1.83. The number of nitrogens with zero attached hydrogens (tertiary/aromatic N) is 3. The molecule has 2 atom stereocenters. The van der Waals surface area contributed by atoms with Crippen LogP contribution in [-0.4, -0.2) is 37.1 Å². The van der Waals surface area contributed by atoms with Crippen LogP contribution in [0.5, 0.6) is 0 Å². The molecular weight excluding hydrogens is 248 g/mol. The molecule has 2 fully saturated rings. The zero-order chi connectivity index (χ0) is 14.1. The van der Waals surface area contributed by atoms with Crippen molar-refractivity contribution in [2.24, 2.45) is 0 Å². The quantitative estimate of drug-likeness (QED) is 0.835. The number of hydrogen-bond acceptors (Lipinski definition) is 4. The molecule has 4 nitrogen and oxygen atoms in total. The van der Waals surface area contributed by atoms with Crippen molar-refractivity contribution in [2.45, 2.75) is 37.8 Å². The van der Waals surface area contributed by atoms with Gasteiger partial charge in [-0.2, -0.15) is 5.26 Å². The van der Waals surface area contributed by atoms with Crippen molar-refractivity contribution in [3.05, 3.63) is 23.8 Å². The fourth-order valence-corrected chi connectivity index (χ4v) is 3.57. The van der Waals surface area contributed by atoms with Crippen LogP contribution in [0.25, 0.3) is 0 Å². The van der Waals surface area contributed by atoms with Crippen LogP contribution >= 0.6 is 0 Å². The molecule has 2 aliphatic rings. The van der Waals surface area contributed by atoms with Gasteiger partial charge in [-0.25, -0.2) is 0 Å². The third-order valence-electron chi connectivity index (χ3n) is 4.91. The van der Waals surface area contributed by atoms with Gasteiger partial charge in [0.05, 0.1) is 12.5 Å². The molecule has 2 heterocycles. The third kappa shape index (κ3) is 2.34. The van der Waals surface area contributed by atoms with Gasteiger partial charge in [0.2, 0.25) is 0 Å². The molecule has 2 unspecified atom stereocenters. The number of fused-ring (bicyclic) bond motifs is 2. The van der Waals surface area contributed by atoms with Crippen LogP contribution in [-0.2, 0) is 6.42 Å². The number of nitrogen functional groups attached to an aromatic ring is 1. The van der Waals surface area contributed by atoms with E-state index in [9.17, 15) is 0 Å². The number of anilines is 2. The molecule has 106 valence electrons. The van der Waals surface area contributed by atoms with Crippen LogP contribution in [0, 0.1) is 11.3 Å². The predicted molar refractivity (Wildman–Crippen MR) is 81.6 cm³/mol. The molecule has 4 heteroatoms. The summed E-state index contributed by atoms with van der Waals surface area (Å²) in [4.78, 5) is 5.01. The molecule has 2 saturated heterocycles. The highest BCUT2D eigenvalue weighted by molar-refractivity contribution is 5.59. The molecule has 0 spiro atoms. The lowest BCUT2D eigenvalue weighted by atomic mass is 10.1. The van der Waals surface area contributed by atoms with E-state index < -0.39 is 0 Å². The lowest BCUT2D eigenvalue weighted by Crippen LogP contribution is -2.36. The summed E-state index contributed by atoms with van der Waals surface area (Å²) in [6, 6.07) is 9.73. The van der Waals surface area contributed by atoms with Crippen LogP contribution in [0.1, 0.15) is 24.8 Å². The van der Waals surface area contributed by atoms with Crippen molar-refractivity contribution in [1.29, 1.82) is 5.26 Å². The first-order valence-corrected chi connectivity index (χ1v) is 7.41. The van der Waals surface area contributed by atoms with E-state index in [1.807, 2.05) is 6.07 Å². The van der Waals surface area contributed by atoms with Gasteiger partial charge in [-0.3, -0.25) is 4.90 Å². The number of likely N-dealkylation sites (N-methyl/N-ethyl adjacent to an activating group) is 1. The highest BCUT2D eigenvalue weighted by Gasteiger charge is 2.34. The molecule has 0 radical (unpaired) electrons. The van der Waals surface area contributed by atoms with Gasteiger partial charge in [-0.1, -0.05) is 0 Å².